The van der Waals surface area contributed by atoms with Gasteiger partial charge in [0.2, 0.25) is 10.7 Å². The van der Waals surface area contributed by atoms with E-state index in [2.05, 4.69) is 17.3 Å². The van der Waals surface area contributed by atoms with Gasteiger partial charge in [-0.25, -0.2) is 4.39 Å². The van der Waals surface area contributed by atoms with Crippen molar-refractivity contribution >= 4 is 63.0 Å². The van der Waals surface area contributed by atoms with Crippen molar-refractivity contribution in [3.63, 3.8) is 0 Å². The number of thiophene rings is 1. The van der Waals surface area contributed by atoms with E-state index in [1.165, 1.54) is 28.8 Å². The Labute approximate surface area is 190 Å². The molecule has 1 atom stereocenters. The van der Waals surface area contributed by atoms with Gasteiger partial charge < -0.3 is 4.98 Å². The summed E-state index contributed by atoms with van der Waals surface area (Å²) in [6.07, 6.45) is 2.87. The lowest BCUT2D eigenvalue weighted by atomic mass is 9.89. The Morgan fingerprint density at radius 2 is 2.30 bits per heavy atom. The Bertz CT molecular complexity index is 1250. The lowest BCUT2D eigenvalue weighted by molar-refractivity contribution is -0.114. The Morgan fingerprint density at radius 3 is 3.07 bits per heavy atom. The number of benzene rings is 1. The average molecular weight is 484 g/mol. The van der Waals surface area contributed by atoms with Gasteiger partial charge in [0, 0.05) is 15.7 Å². The maximum atomic E-state index is 13.1. The molecule has 4 rings (SSSR count). The number of amides is 1. The smallest absolute Gasteiger partial charge is 0.282 e. The van der Waals surface area contributed by atoms with Crippen LogP contribution in [0, 0.1) is 16.5 Å². The quantitative estimate of drug-likeness (QED) is 0.499. The number of aryl methyl sites for hydroxylation is 1. The number of hydrogen-bond acceptors (Lipinski definition) is 5. The fraction of sp³-hybridized carbons (Fsp3) is 0.350. The highest BCUT2D eigenvalue weighted by Gasteiger charge is 2.23. The van der Waals surface area contributed by atoms with Crippen LogP contribution in [0.4, 0.5) is 4.39 Å². The Kier molecular flexibility index (Phi) is 6.34. The van der Waals surface area contributed by atoms with Crippen LogP contribution >= 0.6 is 46.9 Å². The molecule has 2 heterocycles. The minimum absolute atomic E-state index is 0.103. The second-order valence-corrected chi connectivity index (χ2v) is 10.3. The minimum atomic E-state index is -0.402. The highest BCUT2D eigenvalue weighted by atomic mass is 35.5. The summed E-state index contributed by atoms with van der Waals surface area (Å²) in [6.45, 7) is 2.21. The van der Waals surface area contributed by atoms with Gasteiger partial charge in [0.15, 0.2) is 0 Å². The predicted molar refractivity (Wildman–Crippen MR) is 124 cm³/mol. The molecule has 158 valence electrons. The fourth-order valence-electron chi connectivity index (χ4n) is 3.57. The van der Waals surface area contributed by atoms with Crippen LogP contribution in [0.25, 0.3) is 10.2 Å². The Hall–Kier alpha value is -1.68. The van der Waals surface area contributed by atoms with E-state index in [1.807, 2.05) is 0 Å². The maximum Gasteiger partial charge on any atom is 0.282 e. The molecule has 30 heavy (non-hydrogen) atoms. The molecule has 5 nitrogen and oxygen atoms in total. The van der Waals surface area contributed by atoms with Crippen molar-refractivity contribution in [2.24, 2.45) is 5.92 Å². The molecule has 0 spiro atoms. The van der Waals surface area contributed by atoms with E-state index in [0.717, 1.165) is 39.9 Å². The first kappa shape index (κ1) is 21.5. The summed E-state index contributed by atoms with van der Waals surface area (Å²) < 4.78 is 14.4. The molecule has 0 aliphatic heterocycles. The molecule has 1 aliphatic carbocycles. The first-order valence-corrected chi connectivity index (χ1v) is 12.2. The molecular weight excluding hydrogens is 465 g/mol. The van der Waals surface area contributed by atoms with Crippen LogP contribution < -0.4 is 11.0 Å². The molecule has 1 amide bonds. The van der Waals surface area contributed by atoms with Gasteiger partial charge in [-0.2, -0.15) is 4.68 Å². The number of thioether (sulfide) groups is 1. The van der Waals surface area contributed by atoms with Crippen molar-refractivity contribution in [2.45, 2.75) is 31.9 Å². The zero-order valence-electron chi connectivity index (χ0n) is 16.1. The fourth-order valence-corrected chi connectivity index (χ4v) is 6.41. The molecule has 0 radical (unpaired) electrons. The van der Waals surface area contributed by atoms with E-state index < -0.39 is 5.82 Å². The number of halogens is 2. The normalized spacial score (nSPS) is 15.9. The summed E-state index contributed by atoms with van der Waals surface area (Å²) in [5, 5.41) is 0.949. The third kappa shape index (κ3) is 4.34. The van der Waals surface area contributed by atoms with E-state index >= 15 is 0 Å². The number of rotatable bonds is 5. The van der Waals surface area contributed by atoms with Crippen molar-refractivity contribution in [2.75, 3.05) is 11.2 Å². The van der Waals surface area contributed by atoms with Gasteiger partial charge in [-0.1, -0.05) is 24.6 Å². The molecule has 0 bridgehead atoms. The first-order valence-electron chi connectivity index (χ1n) is 9.44. The molecule has 2 N–H and O–H groups in total. The topological polar surface area (TPSA) is 66.9 Å². The van der Waals surface area contributed by atoms with Gasteiger partial charge >= 0.3 is 0 Å². The third-order valence-corrected chi connectivity index (χ3v) is 7.88. The first-order chi connectivity index (χ1) is 14.3. The summed E-state index contributed by atoms with van der Waals surface area (Å²) in [6, 6.07) is 4.17. The number of fused-ring (bicyclic) bond motifs is 3. The van der Waals surface area contributed by atoms with E-state index in [4.69, 9.17) is 23.8 Å². The van der Waals surface area contributed by atoms with Gasteiger partial charge in [0.25, 0.3) is 5.56 Å². The van der Waals surface area contributed by atoms with E-state index in [1.54, 1.807) is 17.4 Å². The highest BCUT2D eigenvalue weighted by molar-refractivity contribution is 7.99. The van der Waals surface area contributed by atoms with Crippen LogP contribution in [0.1, 0.15) is 29.3 Å². The maximum absolute atomic E-state index is 13.1. The van der Waals surface area contributed by atoms with Crippen molar-refractivity contribution in [3.8, 4) is 0 Å². The van der Waals surface area contributed by atoms with Gasteiger partial charge in [-0.05, 0) is 60.7 Å². The monoisotopic (exact) mass is 483 g/mol. The van der Waals surface area contributed by atoms with Crippen LogP contribution in [0.3, 0.4) is 0 Å². The number of carbonyl (C=O) groups is 1. The second kappa shape index (κ2) is 8.82. The number of H-pyrrole nitrogens is 1. The number of nitrogens with one attached hydrogen (secondary N) is 2. The van der Waals surface area contributed by atoms with E-state index in [9.17, 15) is 14.0 Å². The Balaban J connectivity index is 1.50. The molecular formula is C20H19ClFN3O2S3. The minimum Gasteiger partial charge on any atom is -0.322 e. The van der Waals surface area contributed by atoms with Crippen LogP contribution in [-0.4, -0.2) is 21.3 Å². The highest BCUT2D eigenvalue weighted by Crippen LogP contribution is 2.35. The standard InChI is InChI=1S/C20H19ClFN3O2S3/c1-10-2-5-13-15(6-10)30-18-17(13)19(27)25(20(28)23-18)24-16(26)9-29-8-11-3-4-12(22)7-14(11)21/h3-4,7,10H,2,5-6,8-9H2,1H3,(H,23,28)(H,24,26)/t10-/m1/s1. The second-order valence-electron chi connectivity index (χ2n) is 7.39. The summed E-state index contributed by atoms with van der Waals surface area (Å²) in [4.78, 5) is 30.6. The van der Waals surface area contributed by atoms with Crippen molar-refractivity contribution in [1.82, 2.24) is 9.66 Å². The number of carbonyl (C=O) groups excluding carboxylic acids is 1. The van der Waals surface area contributed by atoms with Crippen LogP contribution in [0.15, 0.2) is 23.0 Å². The van der Waals surface area contributed by atoms with Crippen molar-refractivity contribution < 1.29 is 9.18 Å². The molecule has 3 aromatic rings. The number of nitrogens with zero attached hydrogens (tertiary/aromatic N) is 1. The summed E-state index contributed by atoms with van der Waals surface area (Å²) in [7, 11) is 0. The average Bonchev–Trinajstić information content (AvgIpc) is 3.03. The van der Waals surface area contributed by atoms with Gasteiger partial charge in [0.1, 0.15) is 10.6 Å². The van der Waals surface area contributed by atoms with Crippen LogP contribution in [0.2, 0.25) is 5.02 Å². The predicted octanol–water partition coefficient (Wildman–Crippen LogP) is 5.04. The van der Waals surface area contributed by atoms with Gasteiger partial charge in [-0.3, -0.25) is 15.0 Å². The van der Waals surface area contributed by atoms with E-state index in [-0.39, 0.29) is 22.0 Å². The number of hydrogen-bond donors (Lipinski definition) is 2. The van der Waals surface area contributed by atoms with Crippen molar-refractivity contribution in [1.29, 1.82) is 0 Å². The molecule has 0 saturated carbocycles. The molecule has 0 unspecified atom stereocenters. The largest absolute Gasteiger partial charge is 0.322 e. The summed E-state index contributed by atoms with van der Waals surface area (Å²) in [5.74, 6) is 0.398. The van der Waals surface area contributed by atoms with Crippen LogP contribution in [0.5, 0.6) is 0 Å². The molecule has 1 aromatic carbocycles. The SMILES string of the molecule is C[C@@H]1CCc2c(sc3[nH]c(=S)n(NC(=O)CSCc4ccc(F)cc4Cl)c(=O)c23)C1. The lowest BCUT2D eigenvalue weighted by Gasteiger charge is -2.17. The number of aromatic nitrogens is 2. The molecule has 0 fully saturated rings. The number of aromatic amines is 1. The van der Waals surface area contributed by atoms with Gasteiger partial charge in [-0.15, -0.1) is 23.1 Å². The third-order valence-electron chi connectivity index (χ3n) is 5.09. The summed E-state index contributed by atoms with van der Waals surface area (Å²) >= 11 is 14.2. The Morgan fingerprint density at radius 1 is 1.50 bits per heavy atom. The zero-order chi connectivity index (χ0) is 21.4. The molecule has 2 aromatic heterocycles. The van der Waals surface area contributed by atoms with Crippen molar-refractivity contribution in [3.05, 3.63) is 60.2 Å². The van der Waals surface area contributed by atoms with Gasteiger partial charge in [0.05, 0.1) is 11.1 Å². The lowest BCUT2D eigenvalue weighted by Crippen LogP contribution is -2.35. The molecule has 10 heteroatoms. The summed E-state index contributed by atoms with van der Waals surface area (Å²) in [5.41, 5.74) is 4.13. The van der Waals surface area contributed by atoms with Crippen LogP contribution in [-0.2, 0) is 23.4 Å². The molecule has 0 saturated heterocycles. The molecule has 1 aliphatic rings. The van der Waals surface area contributed by atoms with E-state index in [0.29, 0.717) is 22.1 Å². The zero-order valence-corrected chi connectivity index (χ0v) is 19.3.